The van der Waals surface area contributed by atoms with E-state index in [9.17, 15) is 9.59 Å². The van der Waals surface area contributed by atoms with Crippen LogP contribution < -0.4 is 24.4 Å². The summed E-state index contributed by atoms with van der Waals surface area (Å²) in [4.78, 5) is 29.1. The first-order chi connectivity index (χ1) is 17.3. The summed E-state index contributed by atoms with van der Waals surface area (Å²) in [6.07, 6.45) is 0.203. The Kier molecular flexibility index (Phi) is 7.74. The molecule has 0 unspecified atom stereocenters. The van der Waals surface area contributed by atoms with E-state index in [1.54, 1.807) is 38.0 Å². The monoisotopic (exact) mass is 506 g/mol. The van der Waals surface area contributed by atoms with Crippen LogP contribution in [0.25, 0.3) is 0 Å². The molecule has 0 saturated carbocycles. The van der Waals surface area contributed by atoms with Crippen molar-refractivity contribution in [2.45, 2.75) is 30.4 Å². The lowest BCUT2D eigenvalue weighted by atomic mass is 10.1. The van der Waals surface area contributed by atoms with Gasteiger partial charge in [-0.15, -0.1) is 11.8 Å². The number of ether oxygens (including phenoxy) is 3. The number of nitrogens with one attached hydrogen (secondary N) is 1. The van der Waals surface area contributed by atoms with Crippen molar-refractivity contribution in [1.29, 1.82) is 0 Å². The second-order valence-corrected chi connectivity index (χ2v) is 9.83. The predicted octanol–water partition coefficient (Wildman–Crippen LogP) is 5.54. The van der Waals surface area contributed by atoms with Gasteiger partial charge in [0.25, 0.3) is 0 Å². The van der Waals surface area contributed by atoms with Crippen LogP contribution in [0.4, 0.5) is 11.4 Å². The van der Waals surface area contributed by atoms with Gasteiger partial charge in [0.05, 0.1) is 27.0 Å². The van der Waals surface area contributed by atoms with Crippen molar-refractivity contribution in [3.8, 4) is 17.2 Å². The number of carbonyl (C=O) groups excluding carboxylic acids is 2. The molecule has 8 heteroatoms. The lowest BCUT2D eigenvalue weighted by Gasteiger charge is -2.22. The average molecular weight is 507 g/mol. The van der Waals surface area contributed by atoms with Crippen molar-refractivity contribution in [3.05, 3.63) is 71.3 Å². The maximum Gasteiger partial charge on any atom is 0.244 e. The molecule has 36 heavy (non-hydrogen) atoms. The fourth-order valence-corrected chi connectivity index (χ4v) is 5.49. The zero-order valence-corrected chi connectivity index (χ0v) is 21.9. The third kappa shape index (κ3) is 5.28. The average Bonchev–Trinajstić information content (AvgIpc) is 3.01. The van der Waals surface area contributed by atoms with Crippen LogP contribution in [0.1, 0.15) is 28.4 Å². The van der Waals surface area contributed by atoms with Crippen molar-refractivity contribution in [3.63, 3.8) is 0 Å². The van der Waals surface area contributed by atoms with E-state index in [1.165, 1.54) is 0 Å². The van der Waals surface area contributed by atoms with E-state index in [0.717, 1.165) is 33.0 Å². The van der Waals surface area contributed by atoms with Gasteiger partial charge in [-0.05, 0) is 60.9 Å². The number of fused-ring (bicyclic) bond motifs is 1. The molecule has 0 spiro atoms. The van der Waals surface area contributed by atoms with Crippen LogP contribution in [0.5, 0.6) is 17.2 Å². The van der Waals surface area contributed by atoms with Gasteiger partial charge in [-0.3, -0.25) is 9.59 Å². The molecule has 0 aliphatic carbocycles. The smallest absolute Gasteiger partial charge is 0.244 e. The van der Waals surface area contributed by atoms with Gasteiger partial charge in [-0.1, -0.05) is 24.3 Å². The van der Waals surface area contributed by atoms with Gasteiger partial charge in [-0.2, -0.15) is 0 Å². The van der Waals surface area contributed by atoms with Crippen molar-refractivity contribution >= 4 is 35.0 Å². The van der Waals surface area contributed by atoms with Crippen LogP contribution in [-0.2, 0) is 9.59 Å². The van der Waals surface area contributed by atoms with Crippen LogP contribution in [0, 0.1) is 13.8 Å². The number of hydrogen-bond donors (Lipinski definition) is 1. The van der Waals surface area contributed by atoms with Crippen LogP contribution in [0.15, 0.2) is 59.5 Å². The minimum atomic E-state index is -0.247. The quantitative estimate of drug-likeness (QED) is 0.454. The summed E-state index contributed by atoms with van der Waals surface area (Å²) in [5.74, 6) is 1.17. The van der Waals surface area contributed by atoms with Crippen molar-refractivity contribution in [2.24, 2.45) is 0 Å². The fourth-order valence-electron chi connectivity index (χ4n) is 4.23. The van der Waals surface area contributed by atoms with Gasteiger partial charge in [0.15, 0.2) is 11.5 Å². The number of aryl methyl sites for hydroxylation is 2. The summed E-state index contributed by atoms with van der Waals surface area (Å²) in [6.45, 7) is 3.84. The first kappa shape index (κ1) is 25.4. The number of anilines is 2. The largest absolute Gasteiger partial charge is 0.493 e. The molecule has 0 saturated heterocycles. The maximum atomic E-state index is 13.5. The molecule has 0 fully saturated rings. The highest BCUT2D eigenvalue weighted by Crippen LogP contribution is 2.49. The van der Waals surface area contributed by atoms with Crippen molar-refractivity contribution in [1.82, 2.24) is 0 Å². The van der Waals surface area contributed by atoms with E-state index in [1.807, 2.05) is 68.4 Å². The van der Waals surface area contributed by atoms with Gasteiger partial charge in [0.1, 0.15) is 6.54 Å². The number of rotatable bonds is 7. The SMILES string of the molecule is COc1cc([C@H]2CC(=O)N(CC(=O)Nc3cc(C)ccc3C)c3ccccc3S2)cc(OC)c1OC. The summed E-state index contributed by atoms with van der Waals surface area (Å²) < 4.78 is 16.5. The molecule has 2 amide bonds. The Labute approximate surface area is 215 Å². The zero-order valence-electron chi connectivity index (χ0n) is 21.1. The summed E-state index contributed by atoms with van der Waals surface area (Å²) >= 11 is 1.58. The molecule has 1 aliphatic rings. The number of amides is 2. The standard InChI is InChI=1S/C28H30N2O5S/c1-17-10-11-18(2)20(12-17)29-26(31)16-30-21-8-6-7-9-24(21)36-25(15-27(30)32)19-13-22(33-3)28(35-5)23(14-19)34-4/h6-14,25H,15-16H2,1-5H3,(H,29,31)/t25-/m1/s1. The lowest BCUT2D eigenvalue weighted by molar-refractivity contribution is -0.121. The molecule has 3 aromatic carbocycles. The topological polar surface area (TPSA) is 77.1 Å². The summed E-state index contributed by atoms with van der Waals surface area (Å²) in [5.41, 5.74) is 4.37. The summed E-state index contributed by atoms with van der Waals surface area (Å²) in [5, 5.41) is 2.76. The lowest BCUT2D eigenvalue weighted by Crippen LogP contribution is -2.38. The zero-order chi connectivity index (χ0) is 25.8. The molecule has 188 valence electrons. The predicted molar refractivity (Wildman–Crippen MR) is 143 cm³/mol. The van der Waals surface area contributed by atoms with Gasteiger partial charge in [-0.25, -0.2) is 0 Å². The van der Waals surface area contributed by atoms with Crippen LogP contribution in [0.2, 0.25) is 0 Å². The second-order valence-electron chi connectivity index (χ2n) is 8.58. The third-order valence-electron chi connectivity index (χ3n) is 6.11. The number of para-hydroxylation sites is 1. The Morgan fingerprint density at radius 3 is 2.36 bits per heavy atom. The molecule has 7 nitrogen and oxygen atoms in total. The van der Waals surface area contributed by atoms with E-state index in [0.29, 0.717) is 17.2 Å². The summed E-state index contributed by atoms with van der Waals surface area (Å²) in [7, 11) is 4.69. The van der Waals surface area contributed by atoms with E-state index >= 15 is 0 Å². The van der Waals surface area contributed by atoms with E-state index in [4.69, 9.17) is 14.2 Å². The maximum absolute atomic E-state index is 13.5. The number of carbonyl (C=O) groups is 2. The minimum absolute atomic E-state index is 0.0776. The van der Waals surface area contributed by atoms with Gasteiger partial charge in [0, 0.05) is 22.3 Å². The third-order valence-corrected chi connectivity index (χ3v) is 7.44. The highest BCUT2D eigenvalue weighted by Gasteiger charge is 2.31. The highest BCUT2D eigenvalue weighted by molar-refractivity contribution is 7.99. The molecule has 4 rings (SSSR count). The molecular formula is C28H30N2O5S. The fraction of sp³-hybridized carbons (Fsp3) is 0.286. The molecule has 0 bridgehead atoms. The Morgan fingerprint density at radius 2 is 1.69 bits per heavy atom. The van der Waals surface area contributed by atoms with E-state index in [2.05, 4.69) is 5.32 Å². The first-order valence-corrected chi connectivity index (χ1v) is 12.5. The number of benzene rings is 3. The molecule has 1 heterocycles. The van der Waals surface area contributed by atoms with E-state index < -0.39 is 0 Å². The molecule has 3 aromatic rings. The Morgan fingerprint density at radius 1 is 1.00 bits per heavy atom. The van der Waals surface area contributed by atoms with Crippen molar-refractivity contribution < 1.29 is 23.8 Å². The Bertz CT molecular complexity index is 1270. The van der Waals surface area contributed by atoms with Crippen LogP contribution in [0.3, 0.4) is 0 Å². The number of thioether (sulfide) groups is 1. The molecule has 1 N–H and O–H groups in total. The minimum Gasteiger partial charge on any atom is -0.493 e. The Hall–Kier alpha value is -3.65. The molecule has 0 radical (unpaired) electrons. The van der Waals surface area contributed by atoms with Crippen LogP contribution >= 0.6 is 11.8 Å². The number of nitrogens with zero attached hydrogens (tertiary/aromatic N) is 1. The normalized spacial score (nSPS) is 15.1. The van der Waals surface area contributed by atoms with E-state index in [-0.39, 0.29) is 30.0 Å². The second kappa shape index (κ2) is 11.0. The molecule has 0 aromatic heterocycles. The number of methoxy groups -OCH3 is 3. The molecule has 1 aliphatic heterocycles. The van der Waals surface area contributed by atoms with Crippen molar-refractivity contribution in [2.75, 3.05) is 38.1 Å². The molecule has 1 atom stereocenters. The van der Waals surface area contributed by atoms with Gasteiger partial charge < -0.3 is 24.4 Å². The number of hydrogen-bond acceptors (Lipinski definition) is 6. The molecular weight excluding hydrogens is 476 g/mol. The van der Waals surface area contributed by atoms with Gasteiger partial charge in [0.2, 0.25) is 17.6 Å². The summed E-state index contributed by atoms with van der Waals surface area (Å²) in [6, 6.07) is 17.3. The van der Waals surface area contributed by atoms with Gasteiger partial charge >= 0.3 is 0 Å². The Balaban J connectivity index is 1.64. The highest BCUT2D eigenvalue weighted by atomic mass is 32.2. The first-order valence-electron chi connectivity index (χ1n) is 11.6. The van der Waals surface area contributed by atoms with Crippen LogP contribution in [-0.4, -0.2) is 39.7 Å².